The fourth-order valence-electron chi connectivity index (χ4n) is 3.25. The van der Waals surface area contributed by atoms with E-state index < -0.39 is 0 Å². The third kappa shape index (κ3) is 3.46. The van der Waals surface area contributed by atoms with E-state index >= 15 is 0 Å². The first kappa shape index (κ1) is 12.4. The maximum atomic E-state index is 3.83. The summed E-state index contributed by atoms with van der Waals surface area (Å²) in [5.74, 6) is 0.909. The van der Waals surface area contributed by atoms with Gasteiger partial charge in [-0.25, -0.2) is 0 Å². The molecular formula is C14H28N2. The molecule has 1 aliphatic heterocycles. The molecule has 1 aliphatic carbocycles. The molecule has 2 rings (SSSR count). The van der Waals surface area contributed by atoms with Crippen molar-refractivity contribution in [3.05, 3.63) is 0 Å². The van der Waals surface area contributed by atoms with Gasteiger partial charge in [-0.15, -0.1) is 0 Å². The largest absolute Gasteiger partial charge is 0.313 e. The van der Waals surface area contributed by atoms with Crippen molar-refractivity contribution in [2.45, 2.75) is 70.4 Å². The molecule has 2 nitrogen and oxygen atoms in total. The van der Waals surface area contributed by atoms with Gasteiger partial charge >= 0.3 is 0 Å². The van der Waals surface area contributed by atoms with E-state index in [1.54, 1.807) is 0 Å². The maximum Gasteiger partial charge on any atom is 0.0195 e. The van der Waals surface area contributed by atoms with Gasteiger partial charge in [-0.05, 0) is 45.1 Å². The maximum absolute atomic E-state index is 3.83. The van der Waals surface area contributed by atoms with E-state index in [-0.39, 0.29) is 0 Å². The third-order valence-electron chi connectivity index (χ3n) is 4.49. The van der Waals surface area contributed by atoms with Crippen molar-refractivity contribution < 1.29 is 0 Å². The van der Waals surface area contributed by atoms with Crippen LogP contribution in [0.15, 0.2) is 0 Å². The highest BCUT2D eigenvalue weighted by Crippen LogP contribution is 2.27. The zero-order chi connectivity index (χ0) is 11.4. The Hall–Kier alpha value is -0.0800. The van der Waals surface area contributed by atoms with Crippen molar-refractivity contribution in [2.75, 3.05) is 13.1 Å². The molecule has 2 N–H and O–H groups in total. The van der Waals surface area contributed by atoms with E-state index in [1.165, 1.54) is 58.0 Å². The SMILES string of the molecule is CC1CCNC(CNC2(C)CCCCC2)C1. The van der Waals surface area contributed by atoms with Crippen LogP contribution in [0.25, 0.3) is 0 Å². The Bertz CT molecular complexity index is 209. The summed E-state index contributed by atoms with van der Waals surface area (Å²) in [6, 6.07) is 0.711. The van der Waals surface area contributed by atoms with Gasteiger partial charge in [0.05, 0.1) is 0 Å². The van der Waals surface area contributed by atoms with Crippen LogP contribution in [0.2, 0.25) is 0 Å². The molecule has 0 aromatic rings. The monoisotopic (exact) mass is 224 g/mol. The van der Waals surface area contributed by atoms with Gasteiger partial charge in [0.2, 0.25) is 0 Å². The van der Waals surface area contributed by atoms with Gasteiger partial charge in [0.1, 0.15) is 0 Å². The Balaban J connectivity index is 1.73. The predicted molar refractivity (Wildman–Crippen MR) is 69.7 cm³/mol. The van der Waals surface area contributed by atoms with E-state index in [0.29, 0.717) is 11.6 Å². The van der Waals surface area contributed by atoms with Gasteiger partial charge < -0.3 is 10.6 Å². The van der Waals surface area contributed by atoms with Gasteiger partial charge in [0.15, 0.2) is 0 Å². The van der Waals surface area contributed by atoms with Crippen molar-refractivity contribution in [1.29, 1.82) is 0 Å². The molecule has 0 aromatic heterocycles. The molecule has 16 heavy (non-hydrogen) atoms. The van der Waals surface area contributed by atoms with Gasteiger partial charge in [-0.2, -0.15) is 0 Å². The lowest BCUT2D eigenvalue weighted by Crippen LogP contribution is -2.51. The lowest BCUT2D eigenvalue weighted by atomic mass is 9.83. The minimum absolute atomic E-state index is 0.431. The molecule has 0 bridgehead atoms. The summed E-state index contributed by atoms with van der Waals surface area (Å²) in [7, 11) is 0. The topological polar surface area (TPSA) is 24.1 Å². The Kier molecular flexibility index (Phi) is 4.26. The van der Waals surface area contributed by atoms with Crippen LogP contribution in [0, 0.1) is 5.92 Å². The van der Waals surface area contributed by atoms with E-state index in [2.05, 4.69) is 24.5 Å². The molecule has 1 saturated carbocycles. The van der Waals surface area contributed by atoms with Gasteiger partial charge in [-0.3, -0.25) is 0 Å². The first-order chi connectivity index (χ1) is 7.68. The summed E-state index contributed by atoms with van der Waals surface area (Å²) in [6.45, 7) is 7.18. The molecule has 2 aliphatic rings. The summed E-state index contributed by atoms with van der Waals surface area (Å²) >= 11 is 0. The van der Waals surface area contributed by atoms with Crippen LogP contribution in [-0.2, 0) is 0 Å². The summed E-state index contributed by atoms with van der Waals surface area (Å²) in [4.78, 5) is 0. The second-order valence-corrected chi connectivity index (χ2v) is 6.28. The van der Waals surface area contributed by atoms with Gasteiger partial charge in [0.25, 0.3) is 0 Å². The summed E-state index contributed by atoms with van der Waals surface area (Å²) in [5.41, 5.74) is 0.431. The van der Waals surface area contributed by atoms with Crippen LogP contribution < -0.4 is 10.6 Å². The second kappa shape index (κ2) is 5.50. The van der Waals surface area contributed by atoms with Crippen LogP contribution in [0.3, 0.4) is 0 Å². The molecule has 94 valence electrons. The highest BCUT2D eigenvalue weighted by atomic mass is 15.0. The van der Waals surface area contributed by atoms with Crippen molar-refractivity contribution in [2.24, 2.45) is 5.92 Å². The molecule has 2 unspecified atom stereocenters. The molecule has 1 heterocycles. The second-order valence-electron chi connectivity index (χ2n) is 6.28. The van der Waals surface area contributed by atoms with E-state index in [1.807, 2.05) is 0 Å². The lowest BCUT2D eigenvalue weighted by Gasteiger charge is -2.37. The minimum Gasteiger partial charge on any atom is -0.313 e. The Labute approximate surface area is 101 Å². The van der Waals surface area contributed by atoms with Crippen LogP contribution in [-0.4, -0.2) is 24.7 Å². The van der Waals surface area contributed by atoms with Gasteiger partial charge in [-0.1, -0.05) is 26.2 Å². The van der Waals surface area contributed by atoms with Crippen LogP contribution >= 0.6 is 0 Å². The number of nitrogens with one attached hydrogen (secondary N) is 2. The number of hydrogen-bond donors (Lipinski definition) is 2. The smallest absolute Gasteiger partial charge is 0.0195 e. The van der Waals surface area contributed by atoms with Gasteiger partial charge in [0, 0.05) is 18.1 Å². The number of hydrogen-bond acceptors (Lipinski definition) is 2. The molecule has 2 atom stereocenters. The molecule has 0 aromatic carbocycles. The predicted octanol–water partition coefficient (Wildman–Crippen LogP) is 2.69. The van der Waals surface area contributed by atoms with Crippen LogP contribution in [0.5, 0.6) is 0 Å². The summed E-state index contributed by atoms with van der Waals surface area (Å²) in [6.07, 6.45) is 9.72. The summed E-state index contributed by atoms with van der Waals surface area (Å²) in [5, 5.41) is 7.47. The molecule has 1 saturated heterocycles. The minimum atomic E-state index is 0.431. The zero-order valence-corrected chi connectivity index (χ0v) is 11.0. The quantitative estimate of drug-likeness (QED) is 0.770. The molecule has 2 fully saturated rings. The molecule has 0 spiro atoms. The first-order valence-corrected chi connectivity index (χ1v) is 7.16. The van der Waals surface area contributed by atoms with E-state index in [9.17, 15) is 0 Å². The first-order valence-electron chi connectivity index (χ1n) is 7.16. The average molecular weight is 224 g/mol. The standard InChI is InChI=1S/C14H28N2/c1-12-6-9-15-13(10-12)11-16-14(2)7-4-3-5-8-14/h12-13,15-16H,3-11H2,1-2H3. The zero-order valence-electron chi connectivity index (χ0n) is 11.0. The van der Waals surface area contributed by atoms with Crippen molar-refractivity contribution in [3.63, 3.8) is 0 Å². The third-order valence-corrected chi connectivity index (χ3v) is 4.49. The van der Waals surface area contributed by atoms with E-state index in [4.69, 9.17) is 0 Å². The highest BCUT2D eigenvalue weighted by molar-refractivity contribution is 4.89. The highest BCUT2D eigenvalue weighted by Gasteiger charge is 2.27. The normalized spacial score (nSPS) is 34.9. The van der Waals surface area contributed by atoms with Crippen molar-refractivity contribution in [1.82, 2.24) is 10.6 Å². The number of piperidine rings is 1. The fourth-order valence-corrected chi connectivity index (χ4v) is 3.25. The van der Waals surface area contributed by atoms with E-state index in [0.717, 1.165) is 5.92 Å². The molecular weight excluding hydrogens is 196 g/mol. The van der Waals surface area contributed by atoms with Crippen molar-refractivity contribution >= 4 is 0 Å². The molecule has 0 amide bonds. The average Bonchev–Trinajstić information content (AvgIpc) is 2.28. The fraction of sp³-hybridized carbons (Fsp3) is 1.00. The van der Waals surface area contributed by atoms with Crippen LogP contribution in [0.1, 0.15) is 58.8 Å². The molecule has 2 heteroatoms. The molecule has 0 radical (unpaired) electrons. The Morgan fingerprint density at radius 1 is 1.25 bits per heavy atom. The Morgan fingerprint density at radius 3 is 2.69 bits per heavy atom. The lowest BCUT2D eigenvalue weighted by molar-refractivity contribution is 0.226. The van der Waals surface area contributed by atoms with Crippen LogP contribution in [0.4, 0.5) is 0 Å². The van der Waals surface area contributed by atoms with Crippen molar-refractivity contribution in [3.8, 4) is 0 Å². The number of rotatable bonds is 3. The summed E-state index contributed by atoms with van der Waals surface area (Å²) < 4.78 is 0. The Morgan fingerprint density at radius 2 is 2.00 bits per heavy atom.